The SMILES string of the molecule is C=CC1=C(C=C)[C@@H](C2CCNC(=O)C2)N(C(=O)O[C@@H]2CN3CCC2CC3)CC1. The highest BCUT2D eigenvalue weighted by molar-refractivity contribution is 5.77. The summed E-state index contributed by atoms with van der Waals surface area (Å²) in [6, 6.07) is -0.168. The predicted molar refractivity (Wildman–Crippen MR) is 108 cm³/mol. The molecule has 5 aliphatic heterocycles. The number of fused-ring (bicyclic) bond motifs is 3. The van der Waals surface area contributed by atoms with Crippen LogP contribution in [0.25, 0.3) is 0 Å². The summed E-state index contributed by atoms with van der Waals surface area (Å²) in [6.45, 7) is 12.3. The quantitative estimate of drug-likeness (QED) is 0.808. The third kappa shape index (κ3) is 3.62. The molecule has 4 saturated heterocycles. The number of carbonyl (C=O) groups excluding carboxylic acids is 2. The minimum atomic E-state index is -0.239. The summed E-state index contributed by atoms with van der Waals surface area (Å²) in [6.07, 6.45) is 7.70. The highest BCUT2D eigenvalue weighted by atomic mass is 16.6. The van der Waals surface area contributed by atoms with Gasteiger partial charge in [-0.25, -0.2) is 4.79 Å². The van der Waals surface area contributed by atoms with E-state index in [-0.39, 0.29) is 30.1 Å². The van der Waals surface area contributed by atoms with Crippen molar-refractivity contribution in [1.82, 2.24) is 15.1 Å². The molecule has 1 N–H and O–H groups in total. The lowest BCUT2D eigenvalue weighted by Crippen LogP contribution is -2.56. The van der Waals surface area contributed by atoms with Crippen LogP contribution in [0.5, 0.6) is 0 Å². The van der Waals surface area contributed by atoms with E-state index in [0.29, 0.717) is 25.4 Å². The highest BCUT2D eigenvalue weighted by Crippen LogP contribution is 2.36. The maximum absolute atomic E-state index is 13.2. The number of carbonyl (C=O) groups is 2. The average molecular weight is 386 g/mol. The van der Waals surface area contributed by atoms with Gasteiger partial charge in [0.1, 0.15) is 6.10 Å². The largest absolute Gasteiger partial charge is 0.444 e. The summed E-state index contributed by atoms with van der Waals surface area (Å²) in [5.74, 6) is 0.614. The van der Waals surface area contributed by atoms with E-state index in [1.165, 1.54) is 0 Å². The van der Waals surface area contributed by atoms with E-state index in [1.807, 2.05) is 17.1 Å². The van der Waals surface area contributed by atoms with Gasteiger partial charge in [-0.3, -0.25) is 9.69 Å². The average Bonchev–Trinajstić information content (AvgIpc) is 2.73. The molecule has 0 aliphatic carbocycles. The summed E-state index contributed by atoms with van der Waals surface area (Å²) in [5, 5.41) is 2.90. The first-order valence-corrected chi connectivity index (χ1v) is 10.5. The standard InChI is InChI=1S/C22H31N3O3/c1-3-15-8-12-25(21(18(15)4-2)17-5-9-23-20(26)13-17)22(27)28-19-14-24-10-6-16(19)7-11-24/h3-4,16-17,19,21H,1-2,5-14H2,(H,23,26)/t17?,19-,21-/m1/s1. The third-order valence-electron chi connectivity index (χ3n) is 6.93. The lowest BCUT2D eigenvalue weighted by molar-refractivity contribution is -0.124. The third-order valence-corrected chi connectivity index (χ3v) is 6.93. The molecule has 0 aromatic rings. The molecule has 6 nitrogen and oxygen atoms in total. The number of amides is 2. The molecule has 1 unspecified atom stereocenters. The fourth-order valence-corrected chi connectivity index (χ4v) is 5.39. The van der Waals surface area contributed by atoms with Crippen LogP contribution in [0, 0.1) is 11.8 Å². The molecule has 6 heteroatoms. The van der Waals surface area contributed by atoms with Gasteiger partial charge in [0.15, 0.2) is 0 Å². The van der Waals surface area contributed by atoms with Gasteiger partial charge in [0.25, 0.3) is 0 Å². The molecule has 0 radical (unpaired) electrons. The summed E-state index contributed by atoms with van der Waals surface area (Å²) in [5.41, 5.74) is 2.14. The lowest BCUT2D eigenvalue weighted by Gasteiger charge is -2.46. The molecule has 0 saturated carbocycles. The number of nitrogens with zero attached hydrogens (tertiary/aromatic N) is 2. The van der Waals surface area contributed by atoms with Gasteiger partial charge in [-0.05, 0) is 61.8 Å². The molecule has 0 aromatic heterocycles. The molecule has 4 fully saturated rings. The molecular formula is C22H31N3O3. The second-order valence-electron chi connectivity index (χ2n) is 8.44. The Morgan fingerprint density at radius 1 is 1.11 bits per heavy atom. The van der Waals surface area contributed by atoms with Crippen molar-refractivity contribution in [3.05, 3.63) is 36.5 Å². The molecule has 0 spiro atoms. The van der Waals surface area contributed by atoms with Crippen molar-refractivity contribution >= 4 is 12.0 Å². The summed E-state index contributed by atoms with van der Waals surface area (Å²) >= 11 is 0. The first-order valence-electron chi connectivity index (χ1n) is 10.5. The Bertz CT molecular complexity index is 693. The van der Waals surface area contributed by atoms with Gasteiger partial charge >= 0.3 is 6.09 Å². The monoisotopic (exact) mass is 385 g/mol. The van der Waals surface area contributed by atoms with Crippen molar-refractivity contribution in [2.24, 2.45) is 11.8 Å². The number of piperidine rings is 4. The number of rotatable bonds is 4. The predicted octanol–water partition coefficient (Wildman–Crippen LogP) is 2.49. The van der Waals surface area contributed by atoms with Crippen molar-refractivity contribution in [2.75, 3.05) is 32.7 Å². The zero-order chi connectivity index (χ0) is 19.7. The van der Waals surface area contributed by atoms with E-state index in [1.54, 1.807) is 0 Å². The lowest BCUT2D eigenvalue weighted by atomic mass is 9.80. The van der Waals surface area contributed by atoms with E-state index in [0.717, 1.165) is 56.5 Å². The van der Waals surface area contributed by atoms with Gasteiger partial charge in [-0.1, -0.05) is 25.3 Å². The van der Waals surface area contributed by atoms with Gasteiger partial charge in [-0.15, -0.1) is 0 Å². The second kappa shape index (κ2) is 8.11. The fraction of sp³-hybridized carbons (Fsp3) is 0.636. The van der Waals surface area contributed by atoms with Gasteiger partial charge in [-0.2, -0.15) is 0 Å². The van der Waals surface area contributed by atoms with Crippen molar-refractivity contribution < 1.29 is 14.3 Å². The van der Waals surface area contributed by atoms with Crippen LogP contribution in [0.4, 0.5) is 4.79 Å². The minimum Gasteiger partial charge on any atom is -0.444 e. The van der Waals surface area contributed by atoms with Crippen LogP contribution in [-0.2, 0) is 9.53 Å². The molecule has 2 bridgehead atoms. The van der Waals surface area contributed by atoms with E-state index in [4.69, 9.17) is 4.74 Å². The van der Waals surface area contributed by atoms with Crippen LogP contribution in [0.1, 0.15) is 32.1 Å². The van der Waals surface area contributed by atoms with Gasteiger partial charge in [0.2, 0.25) is 5.91 Å². The molecule has 152 valence electrons. The Labute approximate surface area is 167 Å². The van der Waals surface area contributed by atoms with Crippen molar-refractivity contribution in [2.45, 2.75) is 44.2 Å². The molecule has 28 heavy (non-hydrogen) atoms. The topological polar surface area (TPSA) is 61.9 Å². The first kappa shape index (κ1) is 19.2. The molecule has 0 aromatic carbocycles. The van der Waals surface area contributed by atoms with E-state index < -0.39 is 0 Å². The summed E-state index contributed by atoms with van der Waals surface area (Å²) in [7, 11) is 0. The maximum Gasteiger partial charge on any atom is 0.410 e. The van der Waals surface area contributed by atoms with Gasteiger partial charge in [0, 0.05) is 26.1 Å². The summed E-state index contributed by atoms with van der Waals surface area (Å²) < 4.78 is 6.04. The highest BCUT2D eigenvalue weighted by Gasteiger charge is 2.42. The Morgan fingerprint density at radius 3 is 2.50 bits per heavy atom. The first-order chi connectivity index (χ1) is 13.6. The Balaban J connectivity index is 1.56. The molecule has 5 aliphatic rings. The maximum atomic E-state index is 13.2. The van der Waals surface area contributed by atoms with Crippen LogP contribution in [0.3, 0.4) is 0 Å². The van der Waals surface area contributed by atoms with Crippen LogP contribution >= 0.6 is 0 Å². The number of hydrogen-bond donors (Lipinski definition) is 1. The molecule has 5 rings (SSSR count). The van der Waals surface area contributed by atoms with Crippen LogP contribution in [0.2, 0.25) is 0 Å². The molecule has 2 amide bonds. The zero-order valence-electron chi connectivity index (χ0n) is 16.6. The fourth-order valence-electron chi connectivity index (χ4n) is 5.39. The van der Waals surface area contributed by atoms with Crippen LogP contribution in [-0.4, -0.2) is 66.7 Å². The Morgan fingerprint density at radius 2 is 1.89 bits per heavy atom. The van der Waals surface area contributed by atoms with Gasteiger partial charge in [0.05, 0.1) is 6.04 Å². The zero-order valence-corrected chi connectivity index (χ0v) is 16.6. The van der Waals surface area contributed by atoms with Crippen molar-refractivity contribution in [3.63, 3.8) is 0 Å². The molecule has 3 atom stereocenters. The van der Waals surface area contributed by atoms with E-state index in [2.05, 4.69) is 23.4 Å². The number of ether oxygens (including phenoxy) is 1. The van der Waals surface area contributed by atoms with Crippen molar-refractivity contribution in [3.8, 4) is 0 Å². The van der Waals surface area contributed by atoms with E-state index in [9.17, 15) is 9.59 Å². The molecular weight excluding hydrogens is 354 g/mol. The minimum absolute atomic E-state index is 0.0118. The van der Waals surface area contributed by atoms with Crippen molar-refractivity contribution in [1.29, 1.82) is 0 Å². The van der Waals surface area contributed by atoms with Crippen LogP contribution in [0.15, 0.2) is 36.5 Å². The number of hydrogen-bond acceptors (Lipinski definition) is 4. The normalized spacial score (nSPS) is 35.4. The van der Waals surface area contributed by atoms with Gasteiger partial charge < -0.3 is 15.0 Å². The van der Waals surface area contributed by atoms with E-state index >= 15 is 0 Å². The summed E-state index contributed by atoms with van der Waals surface area (Å²) in [4.78, 5) is 29.5. The second-order valence-corrected chi connectivity index (χ2v) is 8.44. The van der Waals surface area contributed by atoms with Crippen LogP contribution < -0.4 is 5.32 Å². The Hall–Kier alpha value is -2.08. The number of nitrogens with one attached hydrogen (secondary N) is 1. The smallest absolute Gasteiger partial charge is 0.410 e. The Kier molecular flexibility index (Phi) is 5.58. The number of allylic oxidation sites excluding steroid dienone is 1. The molecule has 5 heterocycles.